The van der Waals surface area contributed by atoms with Gasteiger partial charge in [0.1, 0.15) is 13.2 Å². The molecule has 1 aromatic rings. The van der Waals surface area contributed by atoms with Crippen LogP contribution in [0.2, 0.25) is 0 Å². The standard InChI is InChI=1S/C17H23F3N2O2/c18-17(19,20)12-22-6-4-13(5-7-22)10-21-11-14-2-1-3-15-16(14)24-9-8-23-15/h1-3,13,21H,4-12H2. The van der Waals surface area contributed by atoms with Gasteiger partial charge >= 0.3 is 6.18 Å². The predicted octanol–water partition coefficient (Wildman–Crippen LogP) is 2.82. The number of benzene rings is 1. The van der Waals surface area contributed by atoms with Gasteiger partial charge in [0.05, 0.1) is 6.54 Å². The maximum atomic E-state index is 12.4. The Morgan fingerprint density at radius 3 is 2.62 bits per heavy atom. The number of hydrogen-bond donors (Lipinski definition) is 1. The summed E-state index contributed by atoms with van der Waals surface area (Å²) < 4.78 is 48.4. The summed E-state index contributed by atoms with van der Waals surface area (Å²) in [6.07, 6.45) is -2.50. The molecule has 3 rings (SSSR count). The van der Waals surface area contributed by atoms with Crippen LogP contribution < -0.4 is 14.8 Å². The molecular weight excluding hydrogens is 321 g/mol. The van der Waals surface area contributed by atoms with Crippen LogP contribution in [0.5, 0.6) is 11.5 Å². The van der Waals surface area contributed by atoms with Crippen molar-refractivity contribution in [3.05, 3.63) is 23.8 Å². The number of piperidine rings is 1. The number of nitrogens with one attached hydrogen (secondary N) is 1. The summed E-state index contributed by atoms with van der Waals surface area (Å²) in [6.45, 7) is 2.86. The first-order chi connectivity index (χ1) is 11.5. The van der Waals surface area contributed by atoms with Gasteiger partial charge in [-0.2, -0.15) is 13.2 Å². The third-order valence-corrected chi connectivity index (χ3v) is 4.51. The van der Waals surface area contributed by atoms with E-state index in [1.165, 1.54) is 4.90 Å². The van der Waals surface area contributed by atoms with Crippen molar-refractivity contribution in [2.75, 3.05) is 39.4 Å². The maximum absolute atomic E-state index is 12.4. The van der Waals surface area contributed by atoms with Crippen LogP contribution in [-0.4, -0.2) is 50.5 Å². The maximum Gasteiger partial charge on any atom is 0.401 e. The lowest BCUT2D eigenvalue weighted by Gasteiger charge is -2.32. The second kappa shape index (κ2) is 7.61. The number of para-hydroxylation sites is 1. The molecule has 0 saturated carbocycles. The van der Waals surface area contributed by atoms with E-state index in [0.717, 1.165) is 36.4 Å². The zero-order valence-electron chi connectivity index (χ0n) is 13.6. The lowest BCUT2D eigenvalue weighted by atomic mass is 9.96. The SMILES string of the molecule is FC(F)(F)CN1CCC(CNCc2cccc3c2OCCO3)CC1. The number of hydrogen-bond acceptors (Lipinski definition) is 4. The van der Waals surface area contributed by atoms with Gasteiger partial charge in [0, 0.05) is 12.1 Å². The number of likely N-dealkylation sites (tertiary alicyclic amines) is 1. The van der Waals surface area contributed by atoms with Crippen molar-refractivity contribution in [1.29, 1.82) is 0 Å². The van der Waals surface area contributed by atoms with Crippen molar-refractivity contribution in [2.45, 2.75) is 25.6 Å². The third kappa shape index (κ3) is 4.77. The third-order valence-electron chi connectivity index (χ3n) is 4.51. The molecule has 1 N–H and O–H groups in total. The normalized spacial score (nSPS) is 19.5. The monoisotopic (exact) mass is 344 g/mol. The summed E-state index contributed by atoms with van der Waals surface area (Å²) in [6, 6.07) is 5.85. The van der Waals surface area contributed by atoms with Gasteiger partial charge in [-0.15, -0.1) is 0 Å². The summed E-state index contributed by atoms with van der Waals surface area (Å²) in [5, 5.41) is 3.41. The van der Waals surface area contributed by atoms with E-state index in [9.17, 15) is 13.2 Å². The highest BCUT2D eigenvalue weighted by Gasteiger charge is 2.32. The van der Waals surface area contributed by atoms with Gasteiger partial charge in [0.15, 0.2) is 11.5 Å². The number of rotatable bonds is 5. The highest BCUT2D eigenvalue weighted by molar-refractivity contribution is 5.47. The lowest BCUT2D eigenvalue weighted by Crippen LogP contribution is -2.41. The van der Waals surface area contributed by atoms with Gasteiger partial charge in [-0.05, 0) is 44.5 Å². The number of ether oxygens (including phenoxy) is 2. The van der Waals surface area contributed by atoms with Crippen LogP contribution >= 0.6 is 0 Å². The Hall–Kier alpha value is -1.47. The Balaban J connectivity index is 1.42. The Morgan fingerprint density at radius 1 is 1.12 bits per heavy atom. The van der Waals surface area contributed by atoms with Gasteiger partial charge in [0.25, 0.3) is 0 Å². The number of fused-ring (bicyclic) bond motifs is 1. The minimum Gasteiger partial charge on any atom is -0.486 e. The van der Waals surface area contributed by atoms with Crippen LogP contribution in [0.15, 0.2) is 18.2 Å². The lowest BCUT2D eigenvalue weighted by molar-refractivity contribution is -0.148. The molecule has 2 aliphatic rings. The van der Waals surface area contributed by atoms with E-state index in [4.69, 9.17) is 9.47 Å². The minimum absolute atomic E-state index is 0.422. The average molecular weight is 344 g/mol. The topological polar surface area (TPSA) is 33.7 Å². The quantitative estimate of drug-likeness (QED) is 0.891. The van der Waals surface area contributed by atoms with Gasteiger partial charge in [-0.25, -0.2) is 0 Å². The molecule has 2 heterocycles. The highest BCUT2D eigenvalue weighted by atomic mass is 19.4. The molecule has 1 fully saturated rings. The van der Waals surface area contributed by atoms with E-state index in [0.29, 0.717) is 38.8 Å². The second-order valence-electron chi connectivity index (χ2n) is 6.41. The highest BCUT2D eigenvalue weighted by Crippen LogP contribution is 2.33. The number of nitrogens with zero attached hydrogens (tertiary/aromatic N) is 1. The Morgan fingerprint density at radius 2 is 1.88 bits per heavy atom. The van der Waals surface area contributed by atoms with E-state index in [-0.39, 0.29) is 0 Å². The van der Waals surface area contributed by atoms with E-state index in [1.54, 1.807) is 0 Å². The van der Waals surface area contributed by atoms with Crippen LogP contribution in [0.25, 0.3) is 0 Å². The van der Waals surface area contributed by atoms with Gasteiger partial charge < -0.3 is 14.8 Å². The Bertz CT molecular complexity index is 543. The fourth-order valence-corrected chi connectivity index (χ4v) is 3.29. The van der Waals surface area contributed by atoms with Crippen molar-refractivity contribution in [3.8, 4) is 11.5 Å². The first kappa shape index (κ1) is 17.4. The van der Waals surface area contributed by atoms with Crippen molar-refractivity contribution in [1.82, 2.24) is 10.2 Å². The Kier molecular flexibility index (Phi) is 5.50. The molecule has 0 atom stereocenters. The van der Waals surface area contributed by atoms with Crippen LogP contribution in [0.3, 0.4) is 0 Å². The molecule has 0 aromatic heterocycles. The first-order valence-corrected chi connectivity index (χ1v) is 8.38. The smallest absolute Gasteiger partial charge is 0.401 e. The molecule has 0 bridgehead atoms. The summed E-state index contributed by atoms with van der Waals surface area (Å²) >= 11 is 0. The largest absolute Gasteiger partial charge is 0.486 e. The minimum atomic E-state index is -4.10. The van der Waals surface area contributed by atoms with E-state index < -0.39 is 12.7 Å². The first-order valence-electron chi connectivity index (χ1n) is 8.38. The fraction of sp³-hybridized carbons (Fsp3) is 0.647. The van der Waals surface area contributed by atoms with Crippen LogP contribution in [-0.2, 0) is 6.54 Å². The van der Waals surface area contributed by atoms with Crippen molar-refractivity contribution in [2.24, 2.45) is 5.92 Å². The molecule has 4 nitrogen and oxygen atoms in total. The summed E-state index contributed by atoms with van der Waals surface area (Å²) in [5.41, 5.74) is 1.06. The summed E-state index contributed by atoms with van der Waals surface area (Å²) in [5.74, 6) is 2.00. The van der Waals surface area contributed by atoms with Crippen LogP contribution in [0.4, 0.5) is 13.2 Å². The van der Waals surface area contributed by atoms with Gasteiger partial charge in [0.2, 0.25) is 0 Å². The van der Waals surface area contributed by atoms with Crippen molar-refractivity contribution < 1.29 is 22.6 Å². The van der Waals surface area contributed by atoms with E-state index in [2.05, 4.69) is 5.32 Å². The molecule has 1 aromatic carbocycles. The summed E-state index contributed by atoms with van der Waals surface area (Å²) in [4.78, 5) is 1.50. The molecular formula is C17H23F3N2O2. The molecule has 2 aliphatic heterocycles. The zero-order valence-corrected chi connectivity index (χ0v) is 13.6. The van der Waals surface area contributed by atoms with Crippen molar-refractivity contribution >= 4 is 0 Å². The molecule has 24 heavy (non-hydrogen) atoms. The summed E-state index contributed by atoms with van der Waals surface area (Å²) in [7, 11) is 0. The molecule has 134 valence electrons. The molecule has 7 heteroatoms. The molecule has 0 unspecified atom stereocenters. The molecule has 0 spiro atoms. The van der Waals surface area contributed by atoms with Crippen LogP contribution in [0, 0.1) is 5.92 Å². The molecule has 1 saturated heterocycles. The fourth-order valence-electron chi connectivity index (χ4n) is 3.29. The van der Waals surface area contributed by atoms with E-state index in [1.807, 2.05) is 18.2 Å². The molecule has 0 aliphatic carbocycles. The van der Waals surface area contributed by atoms with Gasteiger partial charge in [-0.1, -0.05) is 12.1 Å². The van der Waals surface area contributed by atoms with Gasteiger partial charge in [-0.3, -0.25) is 4.90 Å². The average Bonchev–Trinajstić information content (AvgIpc) is 2.55. The zero-order chi connectivity index (χ0) is 17.0. The second-order valence-corrected chi connectivity index (χ2v) is 6.41. The molecule has 0 radical (unpaired) electrons. The Labute approximate surface area is 139 Å². The number of halogens is 3. The van der Waals surface area contributed by atoms with Crippen LogP contribution in [0.1, 0.15) is 18.4 Å². The predicted molar refractivity (Wildman–Crippen MR) is 84.4 cm³/mol. The van der Waals surface area contributed by atoms with E-state index >= 15 is 0 Å². The molecule has 0 amide bonds. The number of alkyl halides is 3. The van der Waals surface area contributed by atoms with Crippen molar-refractivity contribution in [3.63, 3.8) is 0 Å².